The number of hydrogen-bond donors (Lipinski definition) is 1. The summed E-state index contributed by atoms with van der Waals surface area (Å²) in [6, 6.07) is 4.19. The van der Waals surface area contributed by atoms with E-state index >= 15 is 0 Å². The summed E-state index contributed by atoms with van der Waals surface area (Å²) in [5.74, 6) is 0.697. The van der Waals surface area contributed by atoms with Crippen molar-refractivity contribution < 1.29 is 4.74 Å². The van der Waals surface area contributed by atoms with E-state index in [0.29, 0.717) is 18.6 Å². The number of ether oxygens (including phenoxy) is 1. The highest BCUT2D eigenvalue weighted by atomic mass is 32.1. The first-order valence-corrected chi connectivity index (χ1v) is 6.32. The van der Waals surface area contributed by atoms with Crippen molar-refractivity contribution in [2.45, 2.75) is 46.4 Å². The van der Waals surface area contributed by atoms with Gasteiger partial charge in [-0.05, 0) is 31.4 Å². The van der Waals surface area contributed by atoms with Gasteiger partial charge in [0, 0.05) is 16.3 Å². The predicted octanol–water partition coefficient (Wildman–Crippen LogP) is 3.16. The van der Waals surface area contributed by atoms with E-state index < -0.39 is 0 Å². The predicted molar refractivity (Wildman–Crippen MR) is 65.9 cm³/mol. The molecule has 1 heterocycles. The van der Waals surface area contributed by atoms with Crippen LogP contribution in [0.5, 0.6) is 0 Å². The second-order valence-electron chi connectivity index (χ2n) is 4.32. The summed E-state index contributed by atoms with van der Waals surface area (Å²) >= 11 is 1.74. The molecule has 2 nitrogen and oxygen atoms in total. The lowest BCUT2D eigenvalue weighted by Gasteiger charge is -2.14. The minimum absolute atomic E-state index is 0.341. The second-order valence-corrected chi connectivity index (χ2v) is 5.58. The molecule has 0 radical (unpaired) electrons. The molecular formula is C12H21NOS. The van der Waals surface area contributed by atoms with Crippen LogP contribution in [-0.2, 0) is 17.9 Å². The molecule has 0 aromatic carbocycles. The molecule has 86 valence electrons. The molecule has 0 aliphatic carbocycles. The van der Waals surface area contributed by atoms with Gasteiger partial charge in [-0.2, -0.15) is 0 Å². The molecule has 0 saturated carbocycles. The molecule has 3 heteroatoms. The largest absolute Gasteiger partial charge is 0.373 e. The summed E-state index contributed by atoms with van der Waals surface area (Å²) in [5, 5.41) is 0. The number of rotatable bonds is 6. The second kappa shape index (κ2) is 6.26. The zero-order chi connectivity index (χ0) is 11.3. The minimum Gasteiger partial charge on any atom is -0.373 e. The summed E-state index contributed by atoms with van der Waals surface area (Å²) in [4.78, 5) is 2.50. The van der Waals surface area contributed by atoms with Gasteiger partial charge in [-0.15, -0.1) is 11.3 Å². The van der Waals surface area contributed by atoms with Gasteiger partial charge in [0.05, 0.1) is 12.7 Å². The maximum atomic E-state index is 5.77. The van der Waals surface area contributed by atoms with Crippen LogP contribution < -0.4 is 5.73 Å². The van der Waals surface area contributed by atoms with Crippen LogP contribution in [0.3, 0.4) is 0 Å². The first-order chi connectivity index (χ1) is 7.11. The fourth-order valence-corrected chi connectivity index (χ4v) is 2.39. The van der Waals surface area contributed by atoms with Crippen LogP contribution in [0, 0.1) is 5.92 Å². The van der Waals surface area contributed by atoms with Crippen LogP contribution in [0.4, 0.5) is 0 Å². The summed E-state index contributed by atoms with van der Waals surface area (Å²) in [5.41, 5.74) is 5.55. The third-order valence-electron chi connectivity index (χ3n) is 2.23. The van der Waals surface area contributed by atoms with Gasteiger partial charge in [0.15, 0.2) is 0 Å². The molecule has 0 fully saturated rings. The van der Waals surface area contributed by atoms with Crippen molar-refractivity contribution in [1.29, 1.82) is 0 Å². The monoisotopic (exact) mass is 227 g/mol. The Morgan fingerprint density at radius 3 is 2.47 bits per heavy atom. The van der Waals surface area contributed by atoms with Gasteiger partial charge in [-0.3, -0.25) is 0 Å². The third kappa shape index (κ3) is 4.78. The first-order valence-electron chi connectivity index (χ1n) is 5.51. The molecule has 1 unspecified atom stereocenters. The van der Waals surface area contributed by atoms with Crippen LogP contribution >= 0.6 is 11.3 Å². The number of nitrogens with two attached hydrogens (primary N) is 1. The molecule has 1 rings (SSSR count). The van der Waals surface area contributed by atoms with E-state index in [9.17, 15) is 0 Å². The fourth-order valence-electron chi connectivity index (χ4n) is 1.57. The zero-order valence-electron chi connectivity index (χ0n) is 9.82. The van der Waals surface area contributed by atoms with Crippen LogP contribution in [-0.4, -0.2) is 6.10 Å². The van der Waals surface area contributed by atoms with Crippen molar-refractivity contribution in [1.82, 2.24) is 0 Å². The van der Waals surface area contributed by atoms with Crippen LogP contribution in [0.15, 0.2) is 12.1 Å². The zero-order valence-corrected chi connectivity index (χ0v) is 10.6. The molecule has 2 N–H and O–H groups in total. The maximum absolute atomic E-state index is 5.77. The standard InChI is InChI=1S/C12H21NOS/c1-9(2)6-10(3)14-8-12-5-4-11(7-13)15-12/h4-5,9-10H,6-8,13H2,1-3H3. The lowest BCUT2D eigenvalue weighted by atomic mass is 10.1. The topological polar surface area (TPSA) is 35.2 Å². The van der Waals surface area contributed by atoms with E-state index in [4.69, 9.17) is 10.5 Å². The molecule has 1 aromatic rings. The van der Waals surface area contributed by atoms with Gasteiger partial charge < -0.3 is 10.5 Å². The highest BCUT2D eigenvalue weighted by molar-refractivity contribution is 7.11. The fraction of sp³-hybridized carbons (Fsp3) is 0.667. The Morgan fingerprint density at radius 1 is 1.27 bits per heavy atom. The smallest absolute Gasteiger partial charge is 0.0813 e. The average Bonchev–Trinajstić information content (AvgIpc) is 2.61. The lowest BCUT2D eigenvalue weighted by Crippen LogP contribution is -2.10. The summed E-state index contributed by atoms with van der Waals surface area (Å²) in [7, 11) is 0. The summed E-state index contributed by atoms with van der Waals surface area (Å²) in [6.45, 7) is 7.93. The Morgan fingerprint density at radius 2 is 1.93 bits per heavy atom. The molecule has 1 atom stereocenters. The molecule has 15 heavy (non-hydrogen) atoms. The van der Waals surface area contributed by atoms with Gasteiger partial charge in [0.2, 0.25) is 0 Å². The van der Waals surface area contributed by atoms with Crippen LogP contribution in [0.1, 0.15) is 36.9 Å². The van der Waals surface area contributed by atoms with E-state index in [1.165, 1.54) is 9.75 Å². The minimum atomic E-state index is 0.341. The highest BCUT2D eigenvalue weighted by Crippen LogP contribution is 2.18. The van der Waals surface area contributed by atoms with Crippen LogP contribution in [0.25, 0.3) is 0 Å². The molecule has 0 bridgehead atoms. The molecule has 1 aromatic heterocycles. The summed E-state index contributed by atoms with van der Waals surface area (Å²) in [6.07, 6.45) is 1.46. The van der Waals surface area contributed by atoms with Crippen molar-refractivity contribution in [3.8, 4) is 0 Å². The third-order valence-corrected chi connectivity index (χ3v) is 3.31. The lowest BCUT2D eigenvalue weighted by molar-refractivity contribution is 0.0412. The molecule has 0 amide bonds. The van der Waals surface area contributed by atoms with Crippen molar-refractivity contribution in [2.75, 3.05) is 0 Å². The van der Waals surface area contributed by atoms with Gasteiger partial charge in [0.25, 0.3) is 0 Å². The molecule has 0 saturated heterocycles. The van der Waals surface area contributed by atoms with Crippen molar-refractivity contribution in [3.63, 3.8) is 0 Å². The normalized spacial score (nSPS) is 13.4. The van der Waals surface area contributed by atoms with Crippen molar-refractivity contribution in [2.24, 2.45) is 11.7 Å². The molecule has 0 spiro atoms. The van der Waals surface area contributed by atoms with E-state index in [1.54, 1.807) is 11.3 Å². The van der Waals surface area contributed by atoms with Crippen molar-refractivity contribution in [3.05, 3.63) is 21.9 Å². The molecule has 0 aliphatic heterocycles. The number of hydrogen-bond acceptors (Lipinski definition) is 3. The highest BCUT2D eigenvalue weighted by Gasteiger charge is 2.06. The molecule has 0 aliphatic rings. The van der Waals surface area contributed by atoms with E-state index in [-0.39, 0.29) is 0 Å². The Balaban J connectivity index is 2.30. The van der Waals surface area contributed by atoms with E-state index in [1.807, 2.05) is 0 Å². The Kier molecular flexibility index (Phi) is 5.29. The van der Waals surface area contributed by atoms with E-state index in [2.05, 4.69) is 32.9 Å². The van der Waals surface area contributed by atoms with Gasteiger partial charge in [-0.1, -0.05) is 13.8 Å². The van der Waals surface area contributed by atoms with Crippen molar-refractivity contribution >= 4 is 11.3 Å². The molecular weight excluding hydrogens is 206 g/mol. The Bertz CT molecular complexity index is 283. The SMILES string of the molecule is CC(C)CC(C)OCc1ccc(CN)s1. The average molecular weight is 227 g/mol. The quantitative estimate of drug-likeness (QED) is 0.810. The van der Waals surface area contributed by atoms with Gasteiger partial charge in [0.1, 0.15) is 0 Å². The first kappa shape index (κ1) is 12.7. The van der Waals surface area contributed by atoms with E-state index in [0.717, 1.165) is 13.0 Å². The number of thiophene rings is 1. The van der Waals surface area contributed by atoms with Crippen LogP contribution in [0.2, 0.25) is 0 Å². The van der Waals surface area contributed by atoms with Gasteiger partial charge in [-0.25, -0.2) is 0 Å². The summed E-state index contributed by atoms with van der Waals surface area (Å²) < 4.78 is 5.77. The maximum Gasteiger partial charge on any atom is 0.0813 e. The Hall–Kier alpha value is -0.380. The van der Waals surface area contributed by atoms with Gasteiger partial charge >= 0.3 is 0 Å². The Labute approximate surface area is 96.4 Å².